The molecular formula is C22H21NO4. The number of nitrogens with one attached hydrogen (secondary N) is 1. The Labute approximate surface area is 158 Å². The van der Waals surface area contributed by atoms with Crippen LogP contribution in [0, 0.1) is 0 Å². The number of aromatic hydroxyl groups is 1. The molecule has 0 fully saturated rings. The van der Waals surface area contributed by atoms with Crippen LogP contribution in [0.4, 0.5) is 5.69 Å². The molecule has 5 nitrogen and oxygen atoms in total. The largest absolute Gasteiger partial charge is 0.508 e. The van der Waals surface area contributed by atoms with E-state index in [1.165, 1.54) is 19.2 Å². The zero-order chi connectivity index (χ0) is 19.1. The highest BCUT2D eigenvalue weighted by molar-refractivity contribution is 5.92. The number of amides is 1. The van der Waals surface area contributed by atoms with Crippen molar-refractivity contribution in [3.8, 4) is 17.2 Å². The maximum absolute atomic E-state index is 12.2. The predicted molar refractivity (Wildman–Crippen MR) is 104 cm³/mol. The monoisotopic (exact) mass is 363 g/mol. The van der Waals surface area contributed by atoms with Gasteiger partial charge in [-0.15, -0.1) is 0 Å². The highest BCUT2D eigenvalue weighted by Crippen LogP contribution is 2.25. The molecule has 0 saturated carbocycles. The number of hydrogen-bond donors (Lipinski definition) is 2. The van der Waals surface area contributed by atoms with E-state index in [1.807, 2.05) is 54.6 Å². The normalized spacial score (nSPS) is 10.3. The molecule has 0 aliphatic rings. The standard InChI is InChI=1S/C22H21NO4/c1-26-21-13-18(12-19(24)14-21)23-22(25)11-16-7-9-20(10-8-16)27-15-17-5-3-2-4-6-17/h2-10,12-14,24H,11,15H2,1H3,(H,23,25). The number of carbonyl (C=O) groups is 1. The van der Waals surface area contributed by atoms with E-state index in [-0.39, 0.29) is 18.1 Å². The van der Waals surface area contributed by atoms with Gasteiger partial charge in [0.15, 0.2) is 0 Å². The fraction of sp³-hybridized carbons (Fsp3) is 0.136. The van der Waals surface area contributed by atoms with Gasteiger partial charge in [0.05, 0.1) is 13.5 Å². The summed E-state index contributed by atoms with van der Waals surface area (Å²) in [5.74, 6) is 1.08. The molecule has 0 aliphatic carbocycles. The molecule has 138 valence electrons. The highest BCUT2D eigenvalue weighted by Gasteiger charge is 2.07. The minimum atomic E-state index is -0.180. The van der Waals surface area contributed by atoms with Crippen molar-refractivity contribution in [2.24, 2.45) is 0 Å². The van der Waals surface area contributed by atoms with Crippen LogP contribution in [0.1, 0.15) is 11.1 Å². The van der Waals surface area contributed by atoms with Gasteiger partial charge >= 0.3 is 0 Å². The molecule has 1 amide bonds. The van der Waals surface area contributed by atoms with E-state index in [0.717, 1.165) is 16.9 Å². The summed E-state index contributed by atoms with van der Waals surface area (Å²) in [6.45, 7) is 0.500. The van der Waals surface area contributed by atoms with E-state index in [2.05, 4.69) is 5.32 Å². The summed E-state index contributed by atoms with van der Waals surface area (Å²) in [5, 5.41) is 12.4. The van der Waals surface area contributed by atoms with Gasteiger partial charge in [0, 0.05) is 23.9 Å². The molecule has 0 atom stereocenters. The summed E-state index contributed by atoms with van der Waals surface area (Å²) in [4.78, 5) is 12.2. The number of phenolic OH excluding ortho intramolecular Hbond substituents is 1. The summed E-state index contributed by atoms with van der Waals surface area (Å²) < 4.78 is 10.8. The predicted octanol–water partition coefficient (Wildman–Crippen LogP) is 4.16. The van der Waals surface area contributed by atoms with Gasteiger partial charge in [0.2, 0.25) is 5.91 Å². The number of methoxy groups -OCH3 is 1. The first-order valence-electron chi connectivity index (χ1n) is 8.56. The number of carbonyl (C=O) groups excluding carboxylic acids is 1. The maximum atomic E-state index is 12.2. The van der Waals surface area contributed by atoms with Crippen molar-refractivity contribution in [1.82, 2.24) is 0 Å². The van der Waals surface area contributed by atoms with Gasteiger partial charge in [-0.2, -0.15) is 0 Å². The van der Waals surface area contributed by atoms with Gasteiger partial charge in [-0.05, 0) is 23.3 Å². The fourth-order valence-electron chi connectivity index (χ4n) is 2.61. The fourth-order valence-corrected chi connectivity index (χ4v) is 2.61. The molecular weight excluding hydrogens is 342 g/mol. The van der Waals surface area contributed by atoms with Crippen molar-refractivity contribution in [3.63, 3.8) is 0 Å². The second-order valence-corrected chi connectivity index (χ2v) is 6.06. The molecule has 27 heavy (non-hydrogen) atoms. The molecule has 0 aromatic heterocycles. The average molecular weight is 363 g/mol. The Balaban J connectivity index is 1.54. The summed E-state index contributed by atoms with van der Waals surface area (Å²) >= 11 is 0. The Morgan fingerprint density at radius 1 is 0.926 bits per heavy atom. The van der Waals surface area contributed by atoms with E-state index in [9.17, 15) is 9.90 Å². The van der Waals surface area contributed by atoms with Crippen molar-refractivity contribution < 1.29 is 19.4 Å². The summed E-state index contributed by atoms with van der Waals surface area (Å²) in [7, 11) is 1.50. The van der Waals surface area contributed by atoms with Crippen molar-refractivity contribution in [1.29, 1.82) is 0 Å². The first-order valence-corrected chi connectivity index (χ1v) is 8.56. The molecule has 0 bridgehead atoms. The van der Waals surface area contributed by atoms with Crippen molar-refractivity contribution in [3.05, 3.63) is 83.9 Å². The van der Waals surface area contributed by atoms with Crippen molar-refractivity contribution in [2.45, 2.75) is 13.0 Å². The number of ether oxygens (including phenoxy) is 2. The van der Waals surface area contributed by atoms with E-state index >= 15 is 0 Å². The Morgan fingerprint density at radius 2 is 1.67 bits per heavy atom. The molecule has 0 saturated heterocycles. The van der Waals surface area contributed by atoms with E-state index in [4.69, 9.17) is 9.47 Å². The Kier molecular flexibility index (Phi) is 5.94. The number of anilines is 1. The van der Waals surface area contributed by atoms with Gasteiger partial charge in [-0.1, -0.05) is 42.5 Å². The van der Waals surface area contributed by atoms with Crippen molar-refractivity contribution >= 4 is 11.6 Å². The molecule has 0 aliphatic heterocycles. The first kappa shape index (κ1) is 18.3. The van der Waals surface area contributed by atoms with Crippen LogP contribution in [0.5, 0.6) is 17.2 Å². The number of rotatable bonds is 7. The number of hydrogen-bond acceptors (Lipinski definition) is 4. The molecule has 0 heterocycles. The molecule has 2 N–H and O–H groups in total. The topological polar surface area (TPSA) is 67.8 Å². The van der Waals surface area contributed by atoms with Crippen LogP contribution in [-0.2, 0) is 17.8 Å². The second-order valence-electron chi connectivity index (χ2n) is 6.06. The molecule has 3 rings (SSSR count). The minimum absolute atomic E-state index is 0.0320. The Morgan fingerprint density at radius 3 is 2.37 bits per heavy atom. The van der Waals surface area contributed by atoms with E-state index < -0.39 is 0 Å². The van der Waals surface area contributed by atoms with E-state index in [1.54, 1.807) is 6.07 Å². The van der Waals surface area contributed by atoms with Gasteiger partial charge in [-0.25, -0.2) is 0 Å². The van der Waals surface area contributed by atoms with Crippen LogP contribution in [-0.4, -0.2) is 18.1 Å². The molecule has 0 unspecified atom stereocenters. The molecule has 0 spiro atoms. The average Bonchev–Trinajstić information content (AvgIpc) is 2.67. The van der Waals surface area contributed by atoms with Gasteiger partial charge in [0.25, 0.3) is 0 Å². The maximum Gasteiger partial charge on any atom is 0.228 e. The van der Waals surface area contributed by atoms with Gasteiger partial charge in [0.1, 0.15) is 23.9 Å². The lowest BCUT2D eigenvalue weighted by atomic mass is 10.1. The third-order valence-electron chi connectivity index (χ3n) is 3.95. The zero-order valence-electron chi connectivity index (χ0n) is 15.0. The summed E-state index contributed by atoms with van der Waals surface area (Å²) in [5.41, 5.74) is 2.45. The lowest BCUT2D eigenvalue weighted by Crippen LogP contribution is -2.14. The van der Waals surface area contributed by atoms with Gasteiger partial charge in [-0.3, -0.25) is 4.79 Å². The second kappa shape index (κ2) is 8.76. The van der Waals surface area contributed by atoms with Crippen LogP contribution in [0.25, 0.3) is 0 Å². The van der Waals surface area contributed by atoms with Crippen LogP contribution >= 0.6 is 0 Å². The zero-order valence-corrected chi connectivity index (χ0v) is 15.0. The molecule has 3 aromatic carbocycles. The lowest BCUT2D eigenvalue weighted by Gasteiger charge is -2.09. The van der Waals surface area contributed by atoms with Crippen LogP contribution in [0.2, 0.25) is 0 Å². The Bertz CT molecular complexity index is 892. The number of benzene rings is 3. The van der Waals surface area contributed by atoms with Gasteiger partial charge < -0.3 is 19.9 Å². The molecule has 0 radical (unpaired) electrons. The summed E-state index contributed by atoms with van der Waals surface area (Å²) in [6.07, 6.45) is 0.219. The van der Waals surface area contributed by atoms with Crippen LogP contribution < -0.4 is 14.8 Å². The first-order chi connectivity index (χ1) is 13.1. The smallest absolute Gasteiger partial charge is 0.228 e. The quantitative estimate of drug-likeness (QED) is 0.661. The number of phenols is 1. The minimum Gasteiger partial charge on any atom is -0.508 e. The molecule has 5 heteroatoms. The van der Waals surface area contributed by atoms with E-state index in [0.29, 0.717) is 18.0 Å². The third-order valence-corrected chi connectivity index (χ3v) is 3.95. The Hall–Kier alpha value is -3.47. The van der Waals surface area contributed by atoms with Crippen molar-refractivity contribution in [2.75, 3.05) is 12.4 Å². The highest BCUT2D eigenvalue weighted by atomic mass is 16.5. The van der Waals surface area contributed by atoms with Crippen LogP contribution in [0.15, 0.2) is 72.8 Å². The molecule has 3 aromatic rings. The third kappa shape index (κ3) is 5.51. The van der Waals surface area contributed by atoms with Crippen LogP contribution in [0.3, 0.4) is 0 Å². The summed E-state index contributed by atoms with van der Waals surface area (Å²) in [6, 6.07) is 22.0. The lowest BCUT2D eigenvalue weighted by molar-refractivity contribution is -0.115. The SMILES string of the molecule is COc1cc(O)cc(NC(=O)Cc2ccc(OCc3ccccc3)cc2)c1.